The molecule has 0 bridgehead atoms. The summed E-state index contributed by atoms with van der Waals surface area (Å²) >= 11 is 0. The summed E-state index contributed by atoms with van der Waals surface area (Å²) in [4.78, 5) is 29.1. The SMILES string of the molecule is O=C(Cn1nc2c3ccccc3ncn2c1=O)Nc1ccc2c(c1)OCO2. The third kappa shape index (κ3) is 2.56. The van der Waals surface area contributed by atoms with Crippen LogP contribution < -0.4 is 20.5 Å². The second-order valence-electron chi connectivity index (χ2n) is 6.01. The van der Waals surface area contributed by atoms with E-state index in [0.29, 0.717) is 22.8 Å². The van der Waals surface area contributed by atoms with Gasteiger partial charge in [0, 0.05) is 17.1 Å². The van der Waals surface area contributed by atoms with Crippen molar-refractivity contribution < 1.29 is 14.3 Å². The van der Waals surface area contributed by atoms with Gasteiger partial charge in [0.05, 0.1) is 5.52 Å². The first-order chi connectivity index (χ1) is 13.2. The van der Waals surface area contributed by atoms with Gasteiger partial charge in [0.25, 0.3) is 0 Å². The number of hydrogen-bond acceptors (Lipinski definition) is 6. The summed E-state index contributed by atoms with van der Waals surface area (Å²) in [5.41, 5.74) is 1.31. The third-order valence-corrected chi connectivity index (χ3v) is 4.28. The molecule has 2 aromatic heterocycles. The molecule has 4 aromatic rings. The number of amides is 1. The highest BCUT2D eigenvalue weighted by molar-refractivity contribution is 5.92. The molecule has 0 radical (unpaired) electrons. The van der Waals surface area contributed by atoms with E-state index in [2.05, 4.69) is 15.4 Å². The molecule has 9 heteroatoms. The average Bonchev–Trinajstić information content (AvgIpc) is 3.26. The maximum atomic E-state index is 12.5. The molecule has 0 spiro atoms. The number of hydrogen-bond donors (Lipinski definition) is 1. The summed E-state index contributed by atoms with van der Waals surface area (Å²) in [5.74, 6) is 0.816. The molecule has 0 unspecified atom stereocenters. The van der Waals surface area contributed by atoms with Gasteiger partial charge in [-0.05, 0) is 24.3 Å². The lowest BCUT2D eigenvalue weighted by atomic mass is 10.2. The fourth-order valence-electron chi connectivity index (χ4n) is 3.02. The number of aromatic nitrogens is 4. The number of nitrogens with zero attached hydrogens (tertiary/aromatic N) is 4. The van der Waals surface area contributed by atoms with E-state index in [1.165, 1.54) is 10.7 Å². The molecule has 0 fully saturated rings. The van der Waals surface area contributed by atoms with Crippen molar-refractivity contribution >= 4 is 28.1 Å². The van der Waals surface area contributed by atoms with Crippen LogP contribution in [0.1, 0.15) is 0 Å². The van der Waals surface area contributed by atoms with Crippen LogP contribution in [0.3, 0.4) is 0 Å². The topological polar surface area (TPSA) is 99.8 Å². The van der Waals surface area contributed by atoms with E-state index in [-0.39, 0.29) is 19.2 Å². The Balaban J connectivity index is 1.44. The molecule has 3 heterocycles. The number of rotatable bonds is 3. The minimum absolute atomic E-state index is 0.158. The highest BCUT2D eigenvalue weighted by Gasteiger charge is 2.16. The number of para-hydroxylation sites is 1. The Morgan fingerprint density at radius 1 is 1.15 bits per heavy atom. The smallest absolute Gasteiger partial charge is 0.352 e. The lowest BCUT2D eigenvalue weighted by molar-refractivity contribution is -0.117. The van der Waals surface area contributed by atoms with Crippen LogP contribution in [0.2, 0.25) is 0 Å². The van der Waals surface area contributed by atoms with Crippen molar-refractivity contribution in [3.63, 3.8) is 0 Å². The fraction of sp³-hybridized carbons (Fsp3) is 0.111. The highest BCUT2D eigenvalue weighted by atomic mass is 16.7. The number of benzene rings is 2. The molecule has 0 saturated carbocycles. The zero-order chi connectivity index (χ0) is 18.4. The zero-order valence-electron chi connectivity index (χ0n) is 14.0. The van der Waals surface area contributed by atoms with E-state index in [1.54, 1.807) is 18.2 Å². The van der Waals surface area contributed by atoms with E-state index in [1.807, 2.05) is 24.3 Å². The molecule has 27 heavy (non-hydrogen) atoms. The number of ether oxygens (including phenoxy) is 2. The van der Waals surface area contributed by atoms with Crippen molar-refractivity contribution in [3.05, 3.63) is 59.3 Å². The van der Waals surface area contributed by atoms with Gasteiger partial charge in [-0.1, -0.05) is 12.1 Å². The Morgan fingerprint density at radius 2 is 2.00 bits per heavy atom. The van der Waals surface area contributed by atoms with Gasteiger partial charge in [0.15, 0.2) is 17.1 Å². The Morgan fingerprint density at radius 3 is 2.93 bits per heavy atom. The summed E-state index contributed by atoms with van der Waals surface area (Å²) in [6.45, 7) is -0.0609. The van der Waals surface area contributed by atoms with E-state index in [9.17, 15) is 9.59 Å². The van der Waals surface area contributed by atoms with Crippen LogP contribution in [0.15, 0.2) is 53.6 Å². The van der Waals surface area contributed by atoms with Crippen LogP contribution in [0.5, 0.6) is 11.5 Å². The van der Waals surface area contributed by atoms with E-state index in [4.69, 9.17) is 9.47 Å². The molecule has 2 aromatic carbocycles. The molecule has 5 rings (SSSR count). The van der Waals surface area contributed by atoms with Crippen LogP contribution in [0, 0.1) is 0 Å². The van der Waals surface area contributed by atoms with E-state index < -0.39 is 5.69 Å². The maximum absolute atomic E-state index is 12.5. The lowest BCUT2D eigenvalue weighted by Crippen LogP contribution is -2.28. The van der Waals surface area contributed by atoms with Gasteiger partial charge in [-0.25, -0.2) is 18.9 Å². The number of nitrogens with one attached hydrogen (secondary N) is 1. The molecule has 134 valence electrons. The van der Waals surface area contributed by atoms with Crippen molar-refractivity contribution in [1.29, 1.82) is 0 Å². The number of carbonyl (C=O) groups is 1. The largest absolute Gasteiger partial charge is 0.454 e. The van der Waals surface area contributed by atoms with Crippen LogP contribution in [-0.4, -0.2) is 31.9 Å². The minimum atomic E-state index is -0.427. The molecule has 1 N–H and O–H groups in total. The van der Waals surface area contributed by atoms with E-state index in [0.717, 1.165) is 15.6 Å². The van der Waals surface area contributed by atoms with Gasteiger partial charge in [-0.2, -0.15) is 0 Å². The van der Waals surface area contributed by atoms with Gasteiger partial charge in [-0.15, -0.1) is 5.10 Å². The number of fused-ring (bicyclic) bond motifs is 4. The summed E-state index contributed by atoms with van der Waals surface area (Å²) in [7, 11) is 0. The highest BCUT2D eigenvalue weighted by Crippen LogP contribution is 2.34. The number of anilines is 1. The molecule has 9 nitrogen and oxygen atoms in total. The lowest BCUT2D eigenvalue weighted by Gasteiger charge is -2.05. The van der Waals surface area contributed by atoms with Crippen molar-refractivity contribution in [2.24, 2.45) is 0 Å². The van der Waals surface area contributed by atoms with Crippen LogP contribution in [0.25, 0.3) is 16.6 Å². The Kier molecular flexibility index (Phi) is 3.32. The quantitative estimate of drug-likeness (QED) is 0.591. The molecule has 1 aliphatic rings. The molecular weight excluding hydrogens is 350 g/mol. The minimum Gasteiger partial charge on any atom is -0.454 e. The van der Waals surface area contributed by atoms with Gasteiger partial charge in [-0.3, -0.25) is 4.79 Å². The summed E-state index contributed by atoms with van der Waals surface area (Å²) in [6.07, 6.45) is 1.42. The Hall–Kier alpha value is -3.88. The van der Waals surface area contributed by atoms with Crippen LogP contribution in [0.4, 0.5) is 5.69 Å². The molecule has 0 aliphatic carbocycles. The molecule has 1 aliphatic heterocycles. The summed E-state index contributed by atoms with van der Waals surface area (Å²) in [5, 5.41) is 7.77. The second-order valence-corrected chi connectivity index (χ2v) is 6.01. The normalized spacial score (nSPS) is 12.6. The van der Waals surface area contributed by atoms with E-state index >= 15 is 0 Å². The summed E-state index contributed by atoms with van der Waals surface area (Å²) < 4.78 is 13.0. The van der Waals surface area contributed by atoms with Crippen molar-refractivity contribution in [3.8, 4) is 11.5 Å². The van der Waals surface area contributed by atoms with Crippen molar-refractivity contribution in [1.82, 2.24) is 19.2 Å². The predicted octanol–water partition coefficient (Wildman–Crippen LogP) is 1.41. The first kappa shape index (κ1) is 15.4. The van der Waals surface area contributed by atoms with Gasteiger partial charge in [0.1, 0.15) is 12.9 Å². The van der Waals surface area contributed by atoms with Gasteiger partial charge in [0.2, 0.25) is 12.7 Å². The van der Waals surface area contributed by atoms with Crippen LogP contribution >= 0.6 is 0 Å². The van der Waals surface area contributed by atoms with Gasteiger partial charge < -0.3 is 14.8 Å². The molecular formula is C18H13N5O4. The monoisotopic (exact) mass is 363 g/mol. The fourth-order valence-corrected chi connectivity index (χ4v) is 3.02. The maximum Gasteiger partial charge on any atom is 0.352 e. The third-order valence-electron chi connectivity index (χ3n) is 4.28. The average molecular weight is 363 g/mol. The zero-order valence-corrected chi connectivity index (χ0v) is 14.0. The van der Waals surface area contributed by atoms with Crippen LogP contribution in [-0.2, 0) is 11.3 Å². The number of carbonyl (C=O) groups excluding carboxylic acids is 1. The Bertz CT molecular complexity index is 1260. The van der Waals surface area contributed by atoms with Gasteiger partial charge >= 0.3 is 5.69 Å². The summed E-state index contributed by atoms with van der Waals surface area (Å²) in [6, 6.07) is 12.5. The van der Waals surface area contributed by atoms with Crippen molar-refractivity contribution in [2.75, 3.05) is 12.1 Å². The first-order valence-corrected chi connectivity index (χ1v) is 8.21. The standard InChI is InChI=1S/C18H13N5O4/c24-16(20-11-5-6-14-15(7-11)27-10-26-14)8-23-18(25)22-9-19-13-4-2-1-3-12(13)17(22)21-23/h1-7,9H,8,10H2,(H,20,24). The van der Waals surface area contributed by atoms with Crippen molar-refractivity contribution in [2.45, 2.75) is 6.54 Å². The molecule has 0 atom stereocenters. The Labute approximate surface area is 151 Å². The first-order valence-electron chi connectivity index (χ1n) is 8.21. The predicted molar refractivity (Wildman–Crippen MR) is 95.9 cm³/mol. The second kappa shape index (κ2) is 5.84. The molecule has 1 amide bonds. The molecule has 0 saturated heterocycles.